The van der Waals surface area contributed by atoms with Gasteiger partial charge >= 0.3 is 0 Å². The summed E-state index contributed by atoms with van der Waals surface area (Å²) in [5, 5.41) is 6.05. The van der Waals surface area contributed by atoms with Crippen LogP contribution in [-0.2, 0) is 4.79 Å². The molecule has 1 fully saturated rings. The molecule has 2 atom stereocenters. The van der Waals surface area contributed by atoms with Gasteiger partial charge in [-0.15, -0.1) is 0 Å². The molecular formula is C12H14ClFN2O. The number of rotatable bonds is 2. The molecule has 1 saturated heterocycles. The Hall–Kier alpha value is -1.13. The Morgan fingerprint density at radius 2 is 2.29 bits per heavy atom. The molecule has 0 bridgehead atoms. The van der Waals surface area contributed by atoms with Gasteiger partial charge in [0.05, 0.1) is 11.6 Å². The predicted molar refractivity (Wildman–Crippen MR) is 65.6 cm³/mol. The van der Waals surface area contributed by atoms with E-state index in [1.165, 1.54) is 12.1 Å². The van der Waals surface area contributed by atoms with Crippen molar-refractivity contribution in [2.24, 2.45) is 11.8 Å². The number of anilines is 1. The zero-order valence-corrected chi connectivity index (χ0v) is 10.2. The van der Waals surface area contributed by atoms with Gasteiger partial charge in [0.2, 0.25) is 5.91 Å². The molecule has 0 saturated carbocycles. The molecule has 3 nitrogen and oxygen atoms in total. The van der Waals surface area contributed by atoms with Gasteiger partial charge in [-0.2, -0.15) is 0 Å². The first-order chi connectivity index (χ1) is 8.08. The molecule has 0 unspecified atom stereocenters. The van der Waals surface area contributed by atoms with Gasteiger partial charge in [0.15, 0.2) is 0 Å². The van der Waals surface area contributed by atoms with Gasteiger partial charge in [0, 0.05) is 11.6 Å². The average molecular weight is 257 g/mol. The summed E-state index contributed by atoms with van der Waals surface area (Å²) in [6, 6.07) is 4.21. The summed E-state index contributed by atoms with van der Waals surface area (Å²) in [6.07, 6.45) is 0. The van der Waals surface area contributed by atoms with Crippen LogP contribution in [0.5, 0.6) is 0 Å². The van der Waals surface area contributed by atoms with Crippen LogP contribution in [0.3, 0.4) is 0 Å². The number of carbonyl (C=O) groups is 1. The maximum atomic E-state index is 13.5. The Bertz CT molecular complexity index is 439. The van der Waals surface area contributed by atoms with Crippen LogP contribution >= 0.6 is 11.6 Å². The highest BCUT2D eigenvalue weighted by molar-refractivity contribution is 6.30. The minimum absolute atomic E-state index is 0.106. The third-order valence-corrected chi connectivity index (χ3v) is 3.28. The lowest BCUT2D eigenvalue weighted by Gasteiger charge is -2.14. The Morgan fingerprint density at radius 1 is 1.53 bits per heavy atom. The minimum atomic E-state index is -0.510. The zero-order valence-electron chi connectivity index (χ0n) is 9.47. The van der Waals surface area contributed by atoms with Gasteiger partial charge < -0.3 is 10.6 Å². The Labute approximate surface area is 104 Å². The molecule has 0 aromatic heterocycles. The maximum Gasteiger partial charge on any atom is 0.229 e. The monoisotopic (exact) mass is 256 g/mol. The second-order valence-corrected chi connectivity index (χ2v) is 4.79. The van der Waals surface area contributed by atoms with Crippen molar-refractivity contribution in [1.82, 2.24) is 5.32 Å². The quantitative estimate of drug-likeness (QED) is 0.852. The molecule has 1 aliphatic heterocycles. The lowest BCUT2D eigenvalue weighted by Crippen LogP contribution is -2.28. The highest BCUT2D eigenvalue weighted by Gasteiger charge is 2.29. The summed E-state index contributed by atoms with van der Waals surface area (Å²) in [7, 11) is 0. The van der Waals surface area contributed by atoms with E-state index >= 15 is 0 Å². The van der Waals surface area contributed by atoms with Gasteiger partial charge in [-0.3, -0.25) is 4.79 Å². The van der Waals surface area contributed by atoms with Gasteiger partial charge in [0.1, 0.15) is 5.82 Å². The molecule has 2 rings (SSSR count). The molecule has 5 heteroatoms. The van der Waals surface area contributed by atoms with Crippen molar-refractivity contribution in [3.8, 4) is 0 Å². The molecular weight excluding hydrogens is 243 g/mol. The number of hydrogen-bond acceptors (Lipinski definition) is 2. The van der Waals surface area contributed by atoms with E-state index in [0.717, 1.165) is 6.54 Å². The highest BCUT2D eigenvalue weighted by atomic mass is 35.5. The molecule has 1 aromatic carbocycles. The van der Waals surface area contributed by atoms with Crippen molar-refractivity contribution in [2.75, 3.05) is 18.4 Å². The van der Waals surface area contributed by atoms with Crippen molar-refractivity contribution in [3.05, 3.63) is 29.0 Å². The minimum Gasteiger partial charge on any atom is -0.323 e. The summed E-state index contributed by atoms with van der Waals surface area (Å²) in [5.74, 6) is -0.497. The van der Waals surface area contributed by atoms with Crippen LogP contribution in [0, 0.1) is 17.7 Å². The second kappa shape index (κ2) is 5.02. The van der Waals surface area contributed by atoms with E-state index in [1.807, 2.05) is 6.92 Å². The van der Waals surface area contributed by atoms with Crippen LogP contribution in [0.2, 0.25) is 5.02 Å². The van der Waals surface area contributed by atoms with Crippen LogP contribution in [0.4, 0.5) is 10.1 Å². The summed E-state index contributed by atoms with van der Waals surface area (Å²) in [5.41, 5.74) is 0.179. The Balaban J connectivity index is 2.07. The first-order valence-corrected chi connectivity index (χ1v) is 5.92. The van der Waals surface area contributed by atoms with Crippen molar-refractivity contribution in [1.29, 1.82) is 0 Å². The molecule has 1 aliphatic rings. The SMILES string of the molecule is C[C@@H]1CNC[C@H]1C(=O)Nc1ccc(Cl)cc1F. The normalized spacial score (nSPS) is 23.7. The van der Waals surface area contributed by atoms with E-state index in [1.54, 1.807) is 6.07 Å². The van der Waals surface area contributed by atoms with Crippen LogP contribution in [-0.4, -0.2) is 19.0 Å². The molecule has 0 spiro atoms. The van der Waals surface area contributed by atoms with Crippen molar-refractivity contribution in [3.63, 3.8) is 0 Å². The van der Waals surface area contributed by atoms with E-state index in [4.69, 9.17) is 11.6 Å². The fourth-order valence-corrected chi connectivity index (χ4v) is 2.14. The Morgan fingerprint density at radius 3 is 2.88 bits per heavy atom. The third-order valence-electron chi connectivity index (χ3n) is 3.04. The van der Waals surface area contributed by atoms with Gasteiger partial charge in [-0.05, 0) is 30.7 Å². The van der Waals surface area contributed by atoms with Gasteiger partial charge in [0.25, 0.3) is 0 Å². The standard InChI is InChI=1S/C12H14ClFN2O/c1-7-5-15-6-9(7)12(17)16-11-3-2-8(13)4-10(11)14/h2-4,7,9,15H,5-6H2,1H3,(H,16,17)/t7-,9-/m1/s1. The summed E-state index contributed by atoms with van der Waals surface area (Å²) in [6.45, 7) is 3.46. The highest BCUT2D eigenvalue weighted by Crippen LogP contribution is 2.22. The van der Waals surface area contributed by atoms with Crippen LogP contribution in [0.15, 0.2) is 18.2 Å². The average Bonchev–Trinajstić information content (AvgIpc) is 2.68. The first-order valence-electron chi connectivity index (χ1n) is 5.54. The molecule has 92 valence electrons. The number of benzene rings is 1. The third kappa shape index (κ3) is 2.76. The number of halogens is 2. The van der Waals surface area contributed by atoms with Crippen LogP contribution in [0.1, 0.15) is 6.92 Å². The zero-order chi connectivity index (χ0) is 12.4. The van der Waals surface area contributed by atoms with Crippen molar-refractivity contribution < 1.29 is 9.18 Å². The van der Waals surface area contributed by atoms with E-state index in [-0.39, 0.29) is 23.4 Å². The molecule has 0 aliphatic carbocycles. The van der Waals surface area contributed by atoms with E-state index in [2.05, 4.69) is 10.6 Å². The van der Waals surface area contributed by atoms with Crippen molar-refractivity contribution >= 4 is 23.2 Å². The van der Waals surface area contributed by atoms with Crippen LogP contribution < -0.4 is 10.6 Å². The lowest BCUT2D eigenvalue weighted by molar-refractivity contribution is -0.120. The van der Waals surface area contributed by atoms with E-state index in [0.29, 0.717) is 11.6 Å². The lowest BCUT2D eigenvalue weighted by atomic mass is 9.97. The van der Waals surface area contributed by atoms with Gasteiger partial charge in [-0.25, -0.2) is 4.39 Å². The molecule has 17 heavy (non-hydrogen) atoms. The Kier molecular flexibility index (Phi) is 3.64. The molecule has 1 heterocycles. The van der Waals surface area contributed by atoms with Gasteiger partial charge in [-0.1, -0.05) is 18.5 Å². The number of amides is 1. The number of carbonyl (C=O) groups excluding carboxylic acids is 1. The number of hydrogen-bond donors (Lipinski definition) is 2. The largest absolute Gasteiger partial charge is 0.323 e. The van der Waals surface area contributed by atoms with Crippen LogP contribution in [0.25, 0.3) is 0 Å². The molecule has 1 amide bonds. The van der Waals surface area contributed by atoms with Crippen molar-refractivity contribution in [2.45, 2.75) is 6.92 Å². The maximum absolute atomic E-state index is 13.5. The van der Waals surface area contributed by atoms with E-state index < -0.39 is 5.82 Å². The summed E-state index contributed by atoms with van der Waals surface area (Å²) < 4.78 is 13.5. The summed E-state index contributed by atoms with van der Waals surface area (Å²) in [4.78, 5) is 11.9. The smallest absolute Gasteiger partial charge is 0.229 e. The number of nitrogens with one attached hydrogen (secondary N) is 2. The second-order valence-electron chi connectivity index (χ2n) is 4.36. The first kappa shape index (κ1) is 12.3. The molecule has 0 radical (unpaired) electrons. The summed E-state index contributed by atoms with van der Waals surface area (Å²) >= 11 is 5.64. The van der Waals surface area contributed by atoms with E-state index in [9.17, 15) is 9.18 Å². The predicted octanol–water partition coefficient (Wildman–Crippen LogP) is 2.27. The fourth-order valence-electron chi connectivity index (χ4n) is 1.98. The fraction of sp³-hybridized carbons (Fsp3) is 0.417. The molecule has 2 N–H and O–H groups in total. The topological polar surface area (TPSA) is 41.1 Å². The molecule has 1 aromatic rings.